The van der Waals surface area contributed by atoms with E-state index < -0.39 is 0 Å². The van der Waals surface area contributed by atoms with Gasteiger partial charge >= 0.3 is 0 Å². The van der Waals surface area contributed by atoms with Gasteiger partial charge in [-0.05, 0) is 43.2 Å². The fourth-order valence-corrected chi connectivity index (χ4v) is 4.06. The van der Waals surface area contributed by atoms with Crippen molar-refractivity contribution in [3.8, 4) is 5.75 Å². The van der Waals surface area contributed by atoms with Gasteiger partial charge in [0.2, 0.25) is 0 Å². The summed E-state index contributed by atoms with van der Waals surface area (Å²) in [5.41, 5.74) is 1.70. The van der Waals surface area contributed by atoms with Crippen molar-refractivity contribution < 1.29 is 14.3 Å². The highest BCUT2D eigenvalue weighted by Crippen LogP contribution is 2.15. The van der Waals surface area contributed by atoms with Crippen LogP contribution in [0.25, 0.3) is 6.08 Å². The first-order chi connectivity index (χ1) is 16.3. The second-order valence-electron chi connectivity index (χ2n) is 8.76. The van der Waals surface area contributed by atoms with Gasteiger partial charge in [0.15, 0.2) is 5.78 Å². The van der Waals surface area contributed by atoms with Crippen molar-refractivity contribution in [3.63, 3.8) is 0 Å². The molecule has 178 valence electrons. The Labute approximate surface area is 199 Å². The standard InChI is InChI=1S/C29H39NO3/c31-29(27-12-8-7-9-13-27)19-16-26-14-17-28(18-15-26)33-23-11-6-4-2-1-3-5-10-20-30-21-24-32-25-22-30/h7-9,12-19H,1-6,10-11,20-25H2/b19-16+. The third-order valence-corrected chi connectivity index (χ3v) is 6.11. The Morgan fingerprint density at radius 1 is 0.818 bits per heavy atom. The molecule has 0 spiro atoms. The first-order valence-electron chi connectivity index (χ1n) is 12.6. The van der Waals surface area contributed by atoms with Crippen LogP contribution in [0, 0.1) is 0 Å². The summed E-state index contributed by atoms with van der Waals surface area (Å²) in [6, 6.07) is 17.3. The molecule has 0 aromatic heterocycles. The average molecular weight is 450 g/mol. The highest BCUT2D eigenvalue weighted by molar-refractivity contribution is 6.06. The third kappa shape index (κ3) is 10.4. The molecule has 33 heavy (non-hydrogen) atoms. The molecular weight excluding hydrogens is 410 g/mol. The fourth-order valence-electron chi connectivity index (χ4n) is 4.06. The van der Waals surface area contributed by atoms with Gasteiger partial charge in [-0.2, -0.15) is 0 Å². The number of ether oxygens (including phenoxy) is 2. The highest BCUT2D eigenvalue weighted by atomic mass is 16.5. The topological polar surface area (TPSA) is 38.8 Å². The number of ketones is 1. The lowest BCUT2D eigenvalue weighted by molar-refractivity contribution is 0.0371. The van der Waals surface area contributed by atoms with E-state index in [4.69, 9.17) is 9.47 Å². The lowest BCUT2D eigenvalue weighted by atomic mass is 10.1. The maximum absolute atomic E-state index is 12.1. The van der Waals surface area contributed by atoms with Crippen LogP contribution in [-0.2, 0) is 4.74 Å². The van der Waals surface area contributed by atoms with Crippen LogP contribution in [0.5, 0.6) is 5.75 Å². The monoisotopic (exact) mass is 449 g/mol. The summed E-state index contributed by atoms with van der Waals surface area (Å²) < 4.78 is 11.3. The van der Waals surface area contributed by atoms with E-state index in [1.165, 1.54) is 51.5 Å². The van der Waals surface area contributed by atoms with Gasteiger partial charge in [0.1, 0.15) is 5.75 Å². The van der Waals surface area contributed by atoms with Crippen LogP contribution < -0.4 is 4.74 Å². The van der Waals surface area contributed by atoms with Crippen molar-refractivity contribution in [1.29, 1.82) is 0 Å². The number of carbonyl (C=O) groups excluding carboxylic acids is 1. The van der Waals surface area contributed by atoms with Gasteiger partial charge in [-0.1, -0.05) is 87.1 Å². The molecule has 2 aromatic carbocycles. The molecule has 1 aliphatic heterocycles. The number of carbonyl (C=O) groups is 1. The van der Waals surface area contributed by atoms with Crippen LogP contribution in [0.4, 0.5) is 0 Å². The molecule has 1 aliphatic rings. The Morgan fingerprint density at radius 3 is 2.15 bits per heavy atom. The molecule has 0 unspecified atom stereocenters. The number of allylic oxidation sites excluding steroid dienone is 1. The largest absolute Gasteiger partial charge is 0.494 e. The van der Waals surface area contributed by atoms with Crippen molar-refractivity contribution in [3.05, 3.63) is 71.8 Å². The minimum absolute atomic E-state index is 0.0175. The average Bonchev–Trinajstić information content (AvgIpc) is 2.87. The van der Waals surface area contributed by atoms with Gasteiger partial charge in [-0.25, -0.2) is 0 Å². The minimum atomic E-state index is 0.0175. The van der Waals surface area contributed by atoms with Crippen molar-refractivity contribution in [1.82, 2.24) is 4.90 Å². The van der Waals surface area contributed by atoms with Crippen molar-refractivity contribution in [2.75, 3.05) is 39.5 Å². The molecule has 4 heteroatoms. The predicted octanol–water partition coefficient (Wildman–Crippen LogP) is 6.41. The Bertz CT molecular complexity index is 811. The lowest BCUT2D eigenvalue weighted by Gasteiger charge is -2.26. The number of hydrogen-bond donors (Lipinski definition) is 0. The highest BCUT2D eigenvalue weighted by Gasteiger charge is 2.08. The number of rotatable bonds is 15. The Morgan fingerprint density at radius 2 is 1.45 bits per heavy atom. The van der Waals surface area contributed by atoms with E-state index in [-0.39, 0.29) is 5.78 Å². The number of unbranched alkanes of at least 4 members (excludes halogenated alkanes) is 7. The Hall–Kier alpha value is -2.43. The first-order valence-corrected chi connectivity index (χ1v) is 12.6. The summed E-state index contributed by atoms with van der Waals surface area (Å²) in [5, 5.41) is 0. The summed E-state index contributed by atoms with van der Waals surface area (Å²) in [5.74, 6) is 0.908. The zero-order valence-electron chi connectivity index (χ0n) is 19.9. The molecule has 0 radical (unpaired) electrons. The third-order valence-electron chi connectivity index (χ3n) is 6.11. The Balaban J connectivity index is 1.17. The molecule has 0 bridgehead atoms. The zero-order chi connectivity index (χ0) is 23.0. The molecule has 3 rings (SSSR count). The van der Waals surface area contributed by atoms with E-state index in [2.05, 4.69) is 4.90 Å². The summed E-state index contributed by atoms with van der Waals surface area (Å²) >= 11 is 0. The van der Waals surface area contributed by atoms with Crippen LogP contribution in [0.1, 0.15) is 67.3 Å². The van der Waals surface area contributed by atoms with Gasteiger partial charge in [-0.3, -0.25) is 9.69 Å². The number of benzene rings is 2. The van der Waals surface area contributed by atoms with Gasteiger partial charge in [-0.15, -0.1) is 0 Å². The van der Waals surface area contributed by atoms with Gasteiger partial charge in [0.25, 0.3) is 0 Å². The maximum atomic E-state index is 12.1. The normalized spacial score (nSPS) is 14.5. The van der Waals surface area contributed by atoms with Crippen molar-refractivity contribution >= 4 is 11.9 Å². The van der Waals surface area contributed by atoms with Crippen LogP contribution in [0.3, 0.4) is 0 Å². The molecule has 4 nitrogen and oxygen atoms in total. The number of hydrogen-bond acceptors (Lipinski definition) is 4. The molecule has 2 aromatic rings. The molecule has 1 heterocycles. The van der Waals surface area contributed by atoms with E-state index in [1.807, 2.05) is 60.7 Å². The second kappa shape index (κ2) is 15.4. The van der Waals surface area contributed by atoms with Gasteiger partial charge in [0.05, 0.1) is 19.8 Å². The SMILES string of the molecule is O=C(/C=C/c1ccc(OCCCCCCCCCCN2CCOCC2)cc1)c1ccccc1. The predicted molar refractivity (Wildman–Crippen MR) is 136 cm³/mol. The number of nitrogens with zero attached hydrogens (tertiary/aromatic N) is 1. The molecule has 0 saturated carbocycles. The van der Waals surface area contributed by atoms with Crippen LogP contribution in [0.15, 0.2) is 60.7 Å². The van der Waals surface area contributed by atoms with E-state index in [9.17, 15) is 4.79 Å². The second-order valence-corrected chi connectivity index (χ2v) is 8.76. The summed E-state index contributed by atoms with van der Waals surface area (Å²) in [6.45, 7) is 6.04. The summed E-state index contributed by atoms with van der Waals surface area (Å²) in [4.78, 5) is 14.7. The molecule has 1 saturated heterocycles. The van der Waals surface area contributed by atoms with Crippen LogP contribution in [-0.4, -0.2) is 50.1 Å². The Kier molecular flexibility index (Phi) is 11.8. The molecule has 0 aliphatic carbocycles. The van der Waals surface area contributed by atoms with E-state index in [1.54, 1.807) is 6.08 Å². The number of morpholine rings is 1. The first kappa shape index (κ1) is 25.2. The summed E-state index contributed by atoms with van der Waals surface area (Å²) in [7, 11) is 0. The molecular formula is C29H39NO3. The molecule has 0 N–H and O–H groups in total. The zero-order valence-corrected chi connectivity index (χ0v) is 19.9. The van der Waals surface area contributed by atoms with Crippen molar-refractivity contribution in [2.45, 2.75) is 51.4 Å². The van der Waals surface area contributed by atoms with E-state index >= 15 is 0 Å². The van der Waals surface area contributed by atoms with E-state index in [0.717, 1.165) is 50.6 Å². The molecule has 1 fully saturated rings. The van der Waals surface area contributed by atoms with Gasteiger partial charge < -0.3 is 9.47 Å². The maximum Gasteiger partial charge on any atom is 0.185 e. The fraction of sp³-hybridized carbons (Fsp3) is 0.483. The van der Waals surface area contributed by atoms with Crippen LogP contribution in [0.2, 0.25) is 0 Å². The molecule has 0 amide bonds. The quantitative estimate of drug-likeness (QED) is 0.179. The van der Waals surface area contributed by atoms with E-state index in [0.29, 0.717) is 5.56 Å². The lowest BCUT2D eigenvalue weighted by Crippen LogP contribution is -2.36. The van der Waals surface area contributed by atoms with Crippen LogP contribution >= 0.6 is 0 Å². The minimum Gasteiger partial charge on any atom is -0.494 e. The smallest absolute Gasteiger partial charge is 0.185 e. The molecule has 0 atom stereocenters. The summed E-state index contributed by atoms with van der Waals surface area (Å²) in [6.07, 6.45) is 13.8. The van der Waals surface area contributed by atoms with Gasteiger partial charge in [0, 0.05) is 18.7 Å². The van der Waals surface area contributed by atoms with Crippen molar-refractivity contribution in [2.24, 2.45) is 0 Å².